The van der Waals surface area contributed by atoms with E-state index in [1.807, 2.05) is 27.0 Å². The van der Waals surface area contributed by atoms with E-state index in [9.17, 15) is 8.42 Å². The van der Waals surface area contributed by atoms with Crippen molar-refractivity contribution in [3.8, 4) is 0 Å². The molecule has 2 atom stereocenters. The van der Waals surface area contributed by atoms with Crippen LogP contribution >= 0.6 is 0 Å². The van der Waals surface area contributed by atoms with Crippen molar-refractivity contribution in [1.82, 2.24) is 10.0 Å². The molecule has 20 heavy (non-hydrogen) atoms. The molecular formula is C15H26N2O2S. The molecule has 0 saturated carbocycles. The van der Waals surface area contributed by atoms with E-state index in [-0.39, 0.29) is 12.1 Å². The molecular weight excluding hydrogens is 272 g/mol. The molecule has 2 unspecified atom stereocenters. The Balaban J connectivity index is 2.97. The van der Waals surface area contributed by atoms with Gasteiger partial charge >= 0.3 is 0 Å². The third kappa shape index (κ3) is 4.58. The van der Waals surface area contributed by atoms with Gasteiger partial charge in [0.2, 0.25) is 10.0 Å². The monoisotopic (exact) mass is 298 g/mol. The van der Waals surface area contributed by atoms with Gasteiger partial charge in [0.25, 0.3) is 0 Å². The lowest BCUT2D eigenvalue weighted by molar-refractivity contribution is 0.512. The van der Waals surface area contributed by atoms with Crippen LogP contribution in [-0.2, 0) is 10.0 Å². The summed E-state index contributed by atoms with van der Waals surface area (Å²) in [6, 6.07) is 7.25. The van der Waals surface area contributed by atoms with Gasteiger partial charge in [-0.15, -0.1) is 0 Å². The minimum atomic E-state index is -3.44. The summed E-state index contributed by atoms with van der Waals surface area (Å²) in [7, 11) is -1.58. The maximum Gasteiger partial charge on any atom is 0.240 e. The zero-order valence-electron chi connectivity index (χ0n) is 12.8. The number of sulfonamides is 1. The Morgan fingerprint density at radius 1 is 1.25 bits per heavy atom. The third-order valence-electron chi connectivity index (χ3n) is 3.55. The van der Waals surface area contributed by atoms with Crippen LogP contribution in [0.1, 0.15) is 51.6 Å². The molecule has 1 aromatic carbocycles. The first kappa shape index (κ1) is 17.1. The van der Waals surface area contributed by atoms with E-state index in [0.29, 0.717) is 4.90 Å². The van der Waals surface area contributed by atoms with E-state index >= 15 is 0 Å². The standard InChI is InChI=1S/C15H26N2O2S/c1-5-8-14(6-2)17-20(18,19)15-10-7-9-13(11-15)12(3)16-4/h7,9-12,14,16-17H,5-6,8H2,1-4H3. The van der Waals surface area contributed by atoms with Crippen LogP contribution < -0.4 is 10.0 Å². The zero-order chi connectivity index (χ0) is 15.2. The second kappa shape index (κ2) is 7.76. The van der Waals surface area contributed by atoms with Gasteiger partial charge in [0.1, 0.15) is 0 Å². The molecule has 0 aliphatic heterocycles. The van der Waals surface area contributed by atoms with Crippen molar-refractivity contribution in [1.29, 1.82) is 0 Å². The van der Waals surface area contributed by atoms with Gasteiger partial charge in [-0.25, -0.2) is 13.1 Å². The van der Waals surface area contributed by atoms with Gasteiger partial charge in [0.15, 0.2) is 0 Å². The van der Waals surface area contributed by atoms with Crippen molar-refractivity contribution in [3.05, 3.63) is 29.8 Å². The molecule has 114 valence electrons. The molecule has 0 fully saturated rings. The van der Waals surface area contributed by atoms with Crippen molar-refractivity contribution >= 4 is 10.0 Å². The third-order valence-corrected chi connectivity index (χ3v) is 5.07. The van der Waals surface area contributed by atoms with E-state index in [0.717, 1.165) is 24.8 Å². The Hall–Kier alpha value is -0.910. The molecule has 0 saturated heterocycles. The molecule has 1 rings (SSSR count). The van der Waals surface area contributed by atoms with Crippen LogP contribution in [-0.4, -0.2) is 21.5 Å². The fourth-order valence-electron chi connectivity index (χ4n) is 2.10. The average molecular weight is 298 g/mol. The molecule has 2 N–H and O–H groups in total. The molecule has 4 nitrogen and oxygen atoms in total. The lowest BCUT2D eigenvalue weighted by atomic mass is 10.1. The maximum atomic E-state index is 12.4. The van der Waals surface area contributed by atoms with E-state index in [2.05, 4.69) is 17.0 Å². The van der Waals surface area contributed by atoms with Crippen LogP contribution in [0.15, 0.2) is 29.2 Å². The molecule has 0 bridgehead atoms. The van der Waals surface area contributed by atoms with Crippen molar-refractivity contribution in [2.24, 2.45) is 0 Å². The summed E-state index contributed by atoms with van der Waals surface area (Å²) >= 11 is 0. The summed E-state index contributed by atoms with van der Waals surface area (Å²) in [5.41, 5.74) is 0.971. The Morgan fingerprint density at radius 3 is 2.50 bits per heavy atom. The molecule has 0 amide bonds. The molecule has 0 spiro atoms. The van der Waals surface area contributed by atoms with Crippen LogP contribution in [0.25, 0.3) is 0 Å². The highest BCUT2D eigenvalue weighted by Crippen LogP contribution is 2.18. The second-order valence-corrected chi connectivity index (χ2v) is 6.81. The highest BCUT2D eigenvalue weighted by molar-refractivity contribution is 7.89. The number of hydrogen-bond donors (Lipinski definition) is 2. The lowest BCUT2D eigenvalue weighted by Crippen LogP contribution is -2.34. The topological polar surface area (TPSA) is 58.2 Å². The lowest BCUT2D eigenvalue weighted by Gasteiger charge is -2.17. The van der Waals surface area contributed by atoms with Gasteiger partial charge in [0, 0.05) is 12.1 Å². The summed E-state index contributed by atoms with van der Waals surface area (Å²) in [6.45, 7) is 6.07. The van der Waals surface area contributed by atoms with Crippen molar-refractivity contribution < 1.29 is 8.42 Å². The van der Waals surface area contributed by atoms with Gasteiger partial charge in [0.05, 0.1) is 4.90 Å². The summed E-state index contributed by atoms with van der Waals surface area (Å²) in [5, 5.41) is 3.12. The van der Waals surface area contributed by atoms with Crippen LogP contribution in [0.3, 0.4) is 0 Å². The molecule has 0 aromatic heterocycles. The van der Waals surface area contributed by atoms with E-state index in [1.54, 1.807) is 18.2 Å². The number of nitrogens with one attached hydrogen (secondary N) is 2. The van der Waals surface area contributed by atoms with Gasteiger partial charge in [-0.3, -0.25) is 0 Å². The number of hydrogen-bond acceptors (Lipinski definition) is 3. The number of rotatable bonds is 8. The van der Waals surface area contributed by atoms with E-state index < -0.39 is 10.0 Å². The predicted molar refractivity (Wildman–Crippen MR) is 83.2 cm³/mol. The van der Waals surface area contributed by atoms with Crippen LogP contribution in [0.2, 0.25) is 0 Å². The highest BCUT2D eigenvalue weighted by atomic mass is 32.2. The van der Waals surface area contributed by atoms with E-state index in [1.165, 1.54) is 0 Å². The Labute approximate surface area is 123 Å². The largest absolute Gasteiger partial charge is 0.313 e. The maximum absolute atomic E-state index is 12.4. The summed E-state index contributed by atoms with van der Waals surface area (Å²) in [4.78, 5) is 0.339. The average Bonchev–Trinajstić information content (AvgIpc) is 2.45. The minimum absolute atomic E-state index is 0.00961. The van der Waals surface area contributed by atoms with Gasteiger partial charge in [-0.05, 0) is 44.5 Å². The zero-order valence-corrected chi connectivity index (χ0v) is 13.6. The van der Waals surface area contributed by atoms with Crippen LogP contribution in [0.5, 0.6) is 0 Å². The van der Waals surface area contributed by atoms with Crippen molar-refractivity contribution in [3.63, 3.8) is 0 Å². The first-order chi connectivity index (χ1) is 9.44. The SMILES string of the molecule is CCCC(CC)NS(=O)(=O)c1cccc(C(C)NC)c1. The predicted octanol–water partition coefficient (Wildman–Crippen LogP) is 2.82. The van der Waals surface area contributed by atoms with Crippen molar-refractivity contribution in [2.75, 3.05) is 7.05 Å². The molecule has 0 radical (unpaired) electrons. The first-order valence-corrected chi connectivity index (χ1v) is 8.72. The molecule has 0 aliphatic carbocycles. The fourth-order valence-corrected chi connectivity index (χ4v) is 3.51. The first-order valence-electron chi connectivity index (χ1n) is 7.24. The Kier molecular flexibility index (Phi) is 6.65. The molecule has 0 aliphatic rings. The van der Waals surface area contributed by atoms with Crippen LogP contribution in [0, 0.1) is 0 Å². The molecule has 5 heteroatoms. The summed E-state index contributed by atoms with van der Waals surface area (Å²) in [5.74, 6) is 0. The normalized spacial score (nSPS) is 15.0. The quantitative estimate of drug-likeness (QED) is 0.776. The Morgan fingerprint density at radius 2 is 1.95 bits per heavy atom. The smallest absolute Gasteiger partial charge is 0.240 e. The molecule has 0 heterocycles. The molecule has 1 aromatic rings. The van der Waals surface area contributed by atoms with Gasteiger partial charge in [-0.1, -0.05) is 32.4 Å². The minimum Gasteiger partial charge on any atom is -0.313 e. The van der Waals surface area contributed by atoms with Crippen LogP contribution in [0.4, 0.5) is 0 Å². The van der Waals surface area contributed by atoms with Gasteiger partial charge < -0.3 is 5.32 Å². The fraction of sp³-hybridized carbons (Fsp3) is 0.600. The van der Waals surface area contributed by atoms with E-state index in [4.69, 9.17) is 0 Å². The Bertz CT molecular complexity index is 514. The van der Waals surface area contributed by atoms with Gasteiger partial charge in [-0.2, -0.15) is 0 Å². The summed E-state index contributed by atoms with van der Waals surface area (Å²) < 4.78 is 27.6. The number of benzene rings is 1. The highest BCUT2D eigenvalue weighted by Gasteiger charge is 2.19. The summed E-state index contributed by atoms with van der Waals surface area (Å²) in [6.07, 6.45) is 2.64. The van der Waals surface area contributed by atoms with Crippen molar-refractivity contribution in [2.45, 2.75) is 57.0 Å². The second-order valence-electron chi connectivity index (χ2n) is 5.10.